The summed E-state index contributed by atoms with van der Waals surface area (Å²) >= 11 is 0. The number of benzene rings is 2. The molecule has 2 aromatic rings. The lowest BCUT2D eigenvalue weighted by atomic mass is 10.1. The van der Waals surface area contributed by atoms with Crippen molar-refractivity contribution >= 4 is 23.2 Å². The molecule has 7 nitrogen and oxygen atoms in total. The second kappa shape index (κ2) is 7.57. The molecule has 1 N–H and O–H groups in total. The molecule has 0 saturated heterocycles. The van der Waals surface area contributed by atoms with E-state index in [1.807, 2.05) is 0 Å². The van der Waals surface area contributed by atoms with E-state index in [2.05, 4.69) is 5.32 Å². The molecule has 3 rings (SSSR count). The van der Waals surface area contributed by atoms with E-state index in [1.54, 1.807) is 64.6 Å². The molecule has 1 heterocycles. The van der Waals surface area contributed by atoms with E-state index in [1.165, 1.54) is 4.90 Å². The van der Waals surface area contributed by atoms with Gasteiger partial charge in [-0.15, -0.1) is 0 Å². The number of rotatable bonds is 5. The topological polar surface area (TPSA) is 77.1 Å². The monoisotopic (exact) mass is 370 g/mol. The van der Waals surface area contributed by atoms with Crippen LogP contribution < -0.4 is 24.4 Å². The highest BCUT2D eigenvalue weighted by Crippen LogP contribution is 2.35. The van der Waals surface area contributed by atoms with Crippen molar-refractivity contribution in [3.8, 4) is 17.2 Å². The minimum absolute atomic E-state index is 0.131. The normalized spacial score (nSPS) is 15.6. The van der Waals surface area contributed by atoms with Gasteiger partial charge in [-0.1, -0.05) is 6.07 Å². The summed E-state index contributed by atoms with van der Waals surface area (Å²) in [6.45, 7) is 1.71. The van der Waals surface area contributed by atoms with Crippen molar-refractivity contribution in [2.75, 3.05) is 31.5 Å². The summed E-state index contributed by atoms with van der Waals surface area (Å²) in [5.74, 6) is 1.53. The lowest BCUT2D eigenvalue weighted by molar-refractivity contribution is -0.125. The summed E-state index contributed by atoms with van der Waals surface area (Å²) in [5, 5.41) is 2.85. The third-order valence-corrected chi connectivity index (χ3v) is 4.43. The van der Waals surface area contributed by atoms with E-state index >= 15 is 0 Å². The van der Waals surface area contributed by atoms with Gasteiger partial charge in [-0.2, -0.15) is 0 Å². The van der Waals surface area contributed by atoms with Crippen LogP contribution in [0, 0.1) is 0 Å². The maximum atomic E-state index is 12.5. The van der Waals surface area contributed by atoms with Crippen LogP contribution in [0.15, 0.2) is 36.4 Å². The van der Waals surface area contributed by atoms with Gasteiger partial charge in [0.2, 0.25) is 5.91 Å². The van der Waals surface area contributed by atoms with Crippen molar-refractivity contribution < 1.29 is 23.8 Å². The van der Waals surface area contributed by atoms with E-state index in [0.717, 1.165) is 5.56 Å². The van der Waals surface area contributed by atoms with Crippen LogP contribution >= 0.6 is 0 Å². The fraction of sp³-hybridized carbons (Fsp3) is 0.300. The van der Waals surface area contributed by atoms with Crippen molar-refractivity contribution in [1.29, 1.82) is 0 Å². The zero-order valence-electron chi connectivity index (χ0n) is 15.7. The van der Waals surface area contributed by atoms with Gasteiger partial charge in [0.25, 0.3) is 5.91 Å². The Morgan fingerprint density at radius 2 is 1.96 bits per heavy atom. The van der Waals surface area contributed by atoms with Gasteiger partial charge in [0.15, 0.2) is 6.10 Å². The second-order valence-corrected chi connectivity index (χ2v) is 6.24. The number of methoxy groups -OCH3 is 2. The van der Waals surface area contributed by atoms with Crippen LogP contribution in [0.1, 0.15) is 12.5 Å². The van der Waals surface area contributed by atoms with E-state index in [4.69, 9.17) is 14.2 Å². The van der Waals surface area contributed by atoms with Gasteiger partial charge in [0, 0.05) is 24.4 Å². The maximum Gasteiger partial charge on any atom is 0.267 e. The number of ether oxygens (including phenoxy) is 3. The fourth-order valence-corrected chi connectivity index (χ4v) is 2.97. The number of hydrogen-bond acceptors (Lipinski definition) is 5. The van der Waals surface area contributed by atoms with Gasteiger partial charge in [0.05, 0.1) is 26.3 Å². The molecule has 7 heteroatoms. The predicted molar refractivity (Wildman–Crippen MR) is 102 cm³/mol. The molecule has 0 bridgehead atoms. The number of fused-ring (bicyclic) bond motifs is 1. The van der Waals surface area contributed by atoms with Crippen LogP contribution in [0.5, 0.6) is 17.2 Å². The number of carbonyl (C=O) groups excluding carboxylic acids is 2. The Morgan fingerprint density at radius 3 is 2.67 bits per heavy atom. The first kappa shape index (κ1) is 18.6. The molecular formula is C20H22N2O5. The number of hydrogen-bond donors (Lipinski definition) is 1. The predicted octanol–water partition coefficient (Wildman–Crippen LogP) is 2.63. The largest absolute Gasteiger partial charge is 0.497 e. The second-order valence-electron chi connectivity index (χ2n) is 6.24. The summed E-state index contributed by atoms with van der Waals surface area (Å²) in [6.07, 6.45) is -0.377. The first-order valence-electron chi connectivity index (χ1n) is 8.52. The maximum absolute atomic E-state index is 12.5. The molecule has 2 aromatic carbocycles. The first-order valence-corrected chi connectivity index (χ1v) is 8.52. The number of likely N-dealkylation sites (N-methyl/N-ethyl adjacent to an activating group) is 1. The third-order valence-electron chi connectivity index (χ3n) is 4.43. The number of nitrogens with one attached hydrogen (secondary N) is 1. The first-order chi connectivity index (χ1) is 12.9. The molecule has 0 aromatic heterocycles. The Bertz CT molecular complexity index is 881. The van der Waals surface area contributed by atoms with Crippen molar-refractivity contribution in [3.63, 3.8) is 0 Å². The van der Waals surface area contributed by atoms with Gasteiger partial charge >= 0.3 is 0 Å². The van der Waals surface area contributed by atoms with Gasteiger partial charge in [0.1, 0.15) is 17.2 Å². The molecule has 1 aliphatic rings. The Balaban J connectivity index is 1.75. The minimum Gasteiger partial charge on any atom is -0.497 e. The number of amides is 2. The lowest BCUT2D eigenvalue weighted by Crippen LogP contribution is -2.42. The summed E-state index contributed by atoms with van der Waals surface area (Å²) in [7, 11) is 4.81. The molecule has 0 radical (unpaired) electrons. The Morgan fingerprint density at radius 1 is 1.19 bits per heavy atom. The van der Waals surface area contributed by atoms with Crippen LogP contribution in [0.3, 0.4) is 0 Å². The minimum atomic E-state index is -0.523. The average Bonchev–Trinajstić information content (AvgIpc) is 2.67. The smallest absolute Gasteiger partial charge is 0.267 e. The van der Waals surface area contributed by atoms with Crippen molar-refractivity contribution in [2.24, 2.45) is 0 Å². The molecule has 0 spiro atoms. The molecule has 142 valence electrons. The summed E-state index contributed by atoms with van der Waals surface area (Å²) < 4.78 is 16.1. The summed E-state index contributed by atoms with van der Waals surface area (Å²) in [4.78, 5) is 26.1. The molecule has 1 atom stereocenters. The molecule has 1 aliphatic heterocycles. The van der Waals surface area contributed by atoms with E-state index in [-0.39, 0.29) is 18.2 Å². The third kappa shape index (κ3) is 3.81. The van der Waals surface area contributed by atoms with Gasteiger partial charge in [-0.05, 0) is 31.2 Å². The molecule has 0 saturated carbocycles. The van der Waals surface area contributed by atoms with Gasteiger partial charge < -0.3 is 24.4 Å². The van der Waals surface area contributed by atoms with E-state index in [9.17, 15) is 9.59 Å². The standard InChI is InChI=1S/C20H22N2O5/c1-12-20(24)22(2)16-10-14(6-8-17(16)27-12)21-19(23)9-13-5-7-15(25-3)11-18(13)26-4/h5-8,10-12H,9H2,1-4H3,(H,21,23). The molecule has 27 heavy (non-hydrogen) atoms. The summed E-state index contributed by atoms with van der Waals surface area (Å²) in [6, 6.07) is 10.5. The van der Waals surface area contributed by atoms with Crippen LogP contribution in [-0.4, -0.2) is 39.2 Å². The van der Waals surface area contributed by atoms with Crippen LogP contribution in [-0.2, 0) is 16.0 Å². The fourth-order valence-electron chi connectivity index (χ4n) is 2.97. The summed E-state index contributed by atoms with van der Waals surface area (Å²) in [5.41, 5.74) is 1.96. The van der Waals surface area contributed by atoms with Crippen molar-refractivity contribution in [3.05, 3.63) is 42.0 Å². The van der Waals surface area contributed by atoms with Gasteiger partial charge in [-0.25, -0.2) is 0 Å². The van der Waals surface area contributed by atoms with Crippen LogP contribution in [0.4, 0.5) is 11.4 Å². The Hall–Kier alpha value is -3.22. The number of anilines is 2. The van der Waals surface area contributed by atoms with E-state index in [0.29, 0.717) is 28.6 Å². The SMILES string of the molecule is COc1ccc(CC(=O)Nc2ccc3c(c2)N(C)C(=O)C(C)O3)c(OC)c1. The highest BCUT2D eigenvalue weighted by molar-refractivity contribution is 6.01. The van der Waals surface area contributed by atoms with E-state index < -0.39 is 6.10 Å². The van der Waals surface area contributed by atoms with Gasteiger partial charge in [-0.3, -0.25) is 9.59 Å². The Kier molecular flexibility index (Phi) is 5.21. The quantitative estimate of drug-likeness (QED) is 0.876. The zero-order chi connectivity index (χ0) is 19.6. The highest BCUT2D eigenvalue weighted by Gasteiger charge is 2.29. The van der Waals surface area contributed by atoms with Crippen molar-refractivity contribution in [2.45, 2.75) is 19.4 Å². The molecule has 2 amide bonds. The zero-order valence-corrected chi connectivity index (χ0v) is 15.7. The van der Waals surface area contributed by atoms with Crippen molar-refractivity contribution in [1.82, 2.24) is 0 Å². The number of carbonyl (C=O) groups is 2. The molecule has 1 unspecified atom stereocenters. The van der Waals surface area contributed by atoms with Crippen LogP contribution in [0.2, 0.25) is 0 Å². The molecule has 0 aliphatic carbocycles. The molecular weight excluding hydrogens is 348 g/mol. The Labute approximate surface area is 157 Å². The average molecular weight is 370 g/mol. The highest BCUT2D eigenvalue weighted by atomic mass is 16.5. The number of nitrogens with zero attached hydrogens (tertiary/aromatic N) is 1. The lowest BCUT2D eigenvalue weighted by Gasteiger charge is -2.30. The molecule has 0 fully saturated rings. The van der Waals surface area contributed by atoms with Crippen LogP contribution in [0.25, 0.3) is 0 Å².